The number of carbonyl (C=O) groups excluding carboxylic acids is 2. The van der Waals surface area contributed by atoms with Crippen molar-refractivity contribution in [3.8, 4) is 0 Å². The summed E-state index contributed by atoms with van der Waals surface area (Å²) in [6.07, 6.45) is 0. The number of H-pyrrole nitrogens is 1. The molecular weight excluding hydrogens is 300 g/mol. The molecule has 2 aromatic rings. The number of amides is 2. The summed E-state index contributed by atoms with van der Waals surface area (Å²) >= 11 is 1.13. The van der Waals surface area contributed by atoms with E-state index in [9.17, 15) is 9.59 Å². The second-order valence-corrected chi connectivity index (χ2v) is 6.66. The fourth-order valence-electron chi connectivity index (χ4n) is 2.45. The van der Waals surface area contributed by atoms with Gasteiger partial charge in [0.2, 0.25) is 5.91 Å². The van der Waals surface area contributed by atoms with Gasteiger partial charge in [-0.1, -0.05) is 37.7 Å². The van der Waals surface area contributed by atoms with Crippen LogP contribution in [0.3, 0.4) is 0 Å². The minimum absolute atomic E-state index is 0.148. The van der Waals surface area contributed by atoms with Crippen LogP contribution in [0.4, 0.5) is 4.79 Å². The standard InChI is InChI=1S/C15H18N4O2S/c1-8(2)12(19-14(20)11-7-22-15(21)18-11)13-16-9-5-3-4-6-10(9)17-13/h3-6,8,11-12H,7H2,1-2H3,(H,16,17)(H,18,21)(H,19,20)/t11-,12-/m0/s1. The first kappa shape index (κ1) is 14.9. The Kier molecular flexibility index (Phi) is 4.06. The minimum Gasteiger partial charge on any atom is -0.344 e. The number of rotatable bonds is 4. The molecule has 2 amide bonds. The number of hydrogen-bond acceptors (Lipinski definition) is 4. The zero-order valence-corrected chi connectivity index (χ0v) is 13.2. The zero-order chi connectivity index (χ0) is 15.7. The molecule has 1 aliphatic rings. The fourth-order valence-corrected chi connectivity index (χ4v) is 3.23. The summed E-state index contributed by atoms with van der Waals surface area (Å²) in [6, 6.07) is 7.08. The SMILES string of the molecule is CC(C)[C@H](NC(=O)[C@@H]1CSC(=O)N1)c1nc2ccccc2[nH]1. The van der Waals surface area contributed by atoms with E-state index in [2.05, 4.69) is 20.6 Å². The lowest BCUT2D eigenvalue weighted by molar-refractivity contribution is -0.123. The van der Waals surface area contributed by atoms with E-state index >= 15 is 0 Å². The van der Waals surface area contributed by atoms with Crippen molar-refractivity contribution < 1.29 is 9.59 Å². The molecule has 2 atom stereocenters. The first-order valence-electron chi connectivity index (χ1n) is 7.23. The number of hydrogen-bond donors (Lipinski definition) is 3. The van der Waals surface area contributed by atoms with Gasteiger partial charge in [0.15, 0.2) is 0 Å². The van der Waals surface area contributed by atoms with Gasteiger partial charge in [0.1, 0.15) is 11.9 Å². The maximum atomic E-state index is 12.3. The third-order valence-corrected chi connectivity index (χ3v) is 4.54. The Labute approximate surface area is 132 Å². The number of carbonyl (C=O) groups is 2. The molecule has 0 saturated carbocycles. The Morgan fingerprint density at radius 2 is 2.18 bits per heavy atom. The first-order valence-corrected chi connectivity index (χ1v) is 8.21. The lowest BCUT2D eigenvalue weighted by atomic mass is 10.0. The summed E-state index contributed by atoms with van der Waals surface area (Å²) in [6.45, 7) is 4.06. The van der Waals surface area contributed by atoms with Gasteiger partial charge in [0.25, 0.3) is 5.24 Å². The van der Waals surface area contributed by atoms with E-state index < -0.39 is 6.04 Å². The Morgan fingerprint density at radius 3 is 2.82 bits per heavy atom. The number of aromatic amines is 1. The molecule has 116 valence electrons. The van der Waals surface area contributed by atoms with Crippen LogP contribution >= 0.6 is 11.8 Å². The van der Waals surface area contributed by atoms with Crippen molar-refractivity contribution in [3.63, 3.8) is 0 Å². The van der Waals surface area contributed by atoms with Crippen LogP contribution in [0.15, 0.2) is 24.3 Å². The topological polar surface area (TPSA) is 86.9 Å². The highest BCUT2D eigenvalue weighted by Crippen LogP contribution is 2.23. The van der Waals surface area contributed by atoms with Crippen molar-refractivity contribution in [3.05, 3.63) is 30.1 Å². The molecule has 1 saturated heterocycles. The molecular formula is C15H18N4O2S. The van der Waals surface area contributed by atoms with E-state index in [0.717, 1.165) is 28.6 Å². The lowest BCUT2D eigenvalue weighted by Gasteiger charge is -2.22. The average molecular weight is 318 g/mol. The van der Waals surface area contributed by atoms with E-state index in [4.69, 9.17) is 0 Å². The van der Waals surface area contributed by atoms with Crippen LogP contribution in [0.1, 0.15) is 25.7 Å². The van der Waals surface area contributed by atoms with Crippen molar-refractivity contribution in [2.75, 3.05) is 5.75 Å². The highest BCUT2D eigenvalue weighted by Gasteiger charge is 2.31. The van der Waals surface area contributed by atoms with Crippen molar-refractivity contribution in [2.45, 2.75) is 25.9 Å². The second kappa shape index (κ2) is 6.00. The van der Waals surface area contributed by atoms with E-state index in [0.29, 0.717) is 5.75 Å². The number of imidazole rings is 1. The summed E-state index contributed by atoms with van der Waals surface area (Å²) in [5.74, 6) is 1.21. The van der Waals surface area contributed by atoms with Gasteiger partial charge in [-0.25, -0.2) is 4.98 Å². The van der Waals surface area contributed by atoms with Crippen LogP contribution in [0.5, 0.6) is 0 Å². The quantitative estimate of drug-likeness (QED) is 0.806. The molecule has 1 aromatic heterocycles. The number of thioether (sulfide) groups is 1. The predicted molar refractivity (Wildman–Crippen MR) is 86.6 cm³/mol. The first-order chi connectivity index (χ1) is 10.5. The van der Waals surface area contributed by atoms with Gasteiger partial charge in [0, 0.05) is 5.75 Å². The third kappa shape index (κ3) is 2.94. The third-order valence-electron chi connectivity index (χ3n) is 3.66. The largest absolute Gasteiger partial charge is 0.344 e. The molecule has 0 aliphatic carbocycles. The van der Waals surface area contributed by atoms with Gasteiger partial charge in [-0.3, -0.25) is 9.59 Å². The highest BCUT2D eigenvalue weighted by molar-refractivity contribution is 8.14. The van der Waals surface area contributed by atoms with Gasteiger partial charge in [-0.15, -0.1) is 0 Å². The van der Waals surface area contributed by atoms with Gasteiger partial charge in [-0.05, 0) is 18.1 Å². The molecule has 1 fully saturated rings. The van der Waals surface area contributed by atoms with Crippen molar-refractivity contribution in [1.29, 1.82) is 0 Å². The van der Waals surface area contributed by atoms with E-state index in [1.54, 1.807) is 0 Å². The van der Waals surface area contributed by atoms with E-state index in [1.165, 1.54) is 0 Å². The number of aromatic nitrogens is 2. The molecule has 3 rings (SSSR count). The van der Waals surface area contributed by atoms with Crippen molar-refractivity contribution in [2.24, 2.45) is 5.92 Å². The number of fused-ring (bicyclic) bond motifs is 1. The van der Waals surface area contributed by atoms with Gasteiger partial charge in [-0.2, -0.15) is 0 Å². The molecule has 0 radical (unpaired) electrons. The van der Waals surface area contributed by atoms with E-state index in [-0.39, 0.29) is 23.1 Å². The molecule has 3 N–H and O–H groups in total. The lowest BCUT2D eigenvalue weighted by Crippen LogP contribution is -2.45. The normalized spacial score (nSPS) is 19.4. The van der Waals surface area contributed by atoms with Crippen LogP contribution in [0.25, 0.3) is 11.0 Å². The summed E-state index contributed by atoms with van der Waals surface area (Å²) in [5.41, 5.74) is 1.82. The van der Waals surface area contributed by atoms with Crippen LogP contribution in [-0.2, 0) is 4.79 Å². The Balaban J connectivity index is 1.80. The summed E-state index contributed by atoms with van der Waals surface area (Å²) in [7, 11) is 0. The van der Waals surface area contributed by atoms with Crippen LogP contribution in [0.2, 0.25) is 0 Å². The molecule has 6 nitrogen and oxygen atoms in total. The zero-order valence-electron chi connectivity index (χ0n) is 12.4. The summed E-state index contributed by atoms with van der Waals surface area (Å²) in [5, 5.41) is 5.50. The number of nitrogens with zero attached hydrogens (tertiary/aromatic N) is 1. The van der Waals surface area contributed by atoms with Crippen LogP contribution < -0.4 is 10.6 Å². The average Bonchev–Trinajstić information content (AvgIpc) is 3.09. The van der Waals surface area contributed by atoms with E-state index in [1.807, 2.05) is 38.1 Å². The monoisotopic (exact) mass is 318 g/mol. The second-order valence-electron chi connectivity index (χ2n) is 5.66. The fraction of sp³-hybridized carbons (Fsp3) is 0.400. The molecule has 0 unspecified atom stereocenters. The van der Waals surface area contributed by atoms with Crippen molar-refractivity contribution in [1.82, 2.24) is 20.6 Å². The number of para-hydroxylation sites is 2. The van der Waals surface area contributed by atoms with Crippen molar-refractivity contribution >= 4 is 33.9 Å². The Bertz CT molecular complexity index is 679. The highest BCUT2D eigenvalue weighted by atomic mass is 32.2. The van der Waals surface area contributed by atoms with Crippen LogP contribution in [0, 0.1) is 5.92 Å². The molecule has 22 heavy (non-hydrogen) atoms. The Morgan fingerprint density at radius 1 is 1.41 bits per heavy atom. The summed E-state index contributed by atoms with van der Waals surface area (Å²) < 4.78 is 0. The van der Waals surface area contributed by atoms with Gasteiger partial charge >= 0.3 is 0 Å². The minimum atomic E-state index is -0.469. The predicted octanol–water partition coefficient (Wildman–Crippen LogP) is 2.20. The number of nitrogens with one attached hydrogen (secondary N) is 3. The molecule has 1 aromatic carbocycles. The molecule has 1 aliphatic heterocycles. The Hall–Kier alpha value is -2.02. The van der Waals surface area contributed by atoms with Gasteiger partial charge in [0.05, 0.1) is 17.1 Å². The molecule has 0 bridgehead atoms. The molecule has 2 heterocycles. The molecule has 7 heteroatoms. The number of benzene rings is 1. The van der Waals surface area contributed by atoms with Crippen LogP contribution in [-0.4, -0.2) is 32.9 Å². The summed E-state index contributed by atoms with van der Waals surface area (Å²) in [4.78, 5) is 31.4. The maximum absolute atomic E-state index is 12.3. The van der Waals surface area contributed by atoms with Gasteiger partial charge < -0.3 is 15.6 Å². The smallest absolute Gasteiger partial charge is 0.279 e. The molecule has 0 spiro atoms. The maximum Gasteiger partial charge on any atom is 0.279 e.